The van der Waals surface area contributed by atoms with Gasteiger partial charge in [0, 0.05) is 6.20 Å². The van der Waals surface area contributed by atoms with Gasteiger partial charge in [0.05, 0.1) is 16.5 Å². The Hall–Kier alpha value is -1.83. The van der Waals surface area contributed by atoms with Crippen LogP contribution in [0.5, 0.6) is 0 Å². The second kappa shape index (κ2) is 6.23. The molecule has 0 aromatic carbocycles. The van der Waals surface area contributed by atoms with Crippen LogP contribution in [0.1, 0.15) is 56.4 Å². The molecule has 0 bridgehead atoms. The van der Waals surface area contributed by atoms with Gasteiger partial charge in [-0.15, -0.1) is 12.6 Å². The zero-order valence-electron chi connectivity index (χ0n) is 13.8. The Morgan fingerprint density at radius 2 is 1.79 bits per heavy atom. The highest BCUT2D eigenvalue weighted by molar-refractivity contribution is 7.80. The summed E-state index contributed by atoms with van der Waals surface area (Å²) >= 11 is 3.78. The third-order valence-corrected chi connectivity index (χ3v) is 4.12. The second-order valence-corrected chi connectivity index (χ2v) is 7.05. The molecule has 4 nitrogen and oxygen atoms in total. The number of rotatable bonds is 2. The van der Waals surface area contributed by atoms with Gasteiger partial charge in [0.2, 0.25) is 0 Å². The third kappa shape index (κ3) is 3.80. The van der Waals surface area contributed by atoms with E-state index < -0.39 is 22.7 Å². The molecule has 0 aliphatic heterocycles. The van der Waals surface area contributed by atoms with E-state index in [1.807, 2.05) is 32.9 Å². The molecule has 0 fully saturated rings. The molecule has 0 aliphatic rings. The molecule has 2 aromatic heterocycles. The fourth-order valence-corrected chi connectivity index (χ4v) is 2.39. The van der Waals surface area contributed by atoms with Gasteiger partial charge in [0.15, 0.2) is 5.69 Å². The van der Waals surface area contributed by atoms with Crippen molar-refractivity contribution in [2.24, 2.45) is 0 Å². The van der Waals surface area contributed by atoms with Crippen LogP contribution in [0.2, 0.25) is 0 Å². The smallest absolute Gasteiger partial charge is 0.383 e. The van der Waals surface area contributed by atoms with Crippen LogP contribution in [0.25, 0.3) is 0 Å². The van der Waals surface area contributed by atoms with Crippen LogP contribution < -0.4 is 5.73 Å². The number of alkyl halides is 3. The molecule has 2 aromatic rings. The Bertz CT molecular complexity index is 754. The summed E-state index contributed by atoms with van der Waals surface area (Å²) in [7, 11) is 0. The van der Waals surface area contributed by atoms with Crippen LogP contribution in [-0.4, -0.2) is 15.0 Å². The van der Waals surface area contributed by atoms with Gasteiger partial charge in [-0.2, -0.15) is 13.2 Å². The lowest BCUT2D eigenvalue weighted by Gasteiger charge is -2.21. The molecule has 0 saturated heterocycles. The van der Waals surface area contributed by atoms with Gasteiger partial charge in [0.1, 0.15) is 11.6 Å². The molecule has 0 saturated carbocycles. The average Bonchev–Trinajstić information content (AvgIpc) is 2.47. The van der Waals surface area contributed by atoms with Gasteiger partial charge in [-0.05, 0) is 30.0 Å². The summed E-state index contributed by atoms with van der Waals surface area (Å²) in [4.78, 5) is 11.4. The first-order valence-electron chi connectivity index (χ1n) is 7.31. The second-order valence-electron chi connectivity index (χ2n) is 6.60. The van der Waals surface area contributed by atoms with E-state index in [-0.39, 0.29) is 17.1 Å². The molecule has 2 rings (SSSR count). The summed E-state index contributed by atoms with van der Waals surface area (Å²) in [6.45, 7) is 7.83. The molecule has 1 unspecified atom stereocenters. The van der Waals surface area contributed by atoms with Gasteiger partial charge in [-0.1, -0.05) is 20.8 Å². The Balaban J connectivity index is 2.51. The van der Waals surface area contributed by atoms with Crippen molar-refractivity contribution in [1.82, 2.24) is 15.0 Å². The first-order valence-corrected chi connectivity index (χ1v) is 7.76. The van der Waals surface area contributed by atoms with Crippen molar-refractivity contribution < 1.29 is 13.2 Å². The van der Waals surface area contributed by atoms with Gasteiger partial charge >= 0.3 is 6.18 Å². The number of nitrogens with zero attached hydrogens (tertiary/aromatic N) is 3. The number of pyridine rings is 1. The highest BCUT2D eigenvalue weighted by atomic mass is 32.1. The molecular formula is C16H19F3N4S. The predicted molar refractivity (Wildman–Crippen MR) is 89.2 cm³/mol. The lowest BCUT2D eigenvalue weighted by molar-refractivity contribution is -0.143. The van der Waals surface area contributed by atoms with E-state index >= 15 is 0 Å². The zero-order valence-corrected chi connectivity index (χ0v) is 14.7. The standard InChI is InChI=1S/C16H19F3N4S/c1-8(10-7-9(5-6-21-10)15(2,3)4)14-22-12(16(17,18)19)11(24)13(20)23-14/h5-8,24H,1-4H3,(H2,20,22,23). The molecule has 0 aliphatic carbocycles. The zero-order chi connectivity index (χ0) is 18.3. The summed E-state index contributed by atoms with van der Waals surface area (Å²) in [5.74, 6) is -0.865. The molecule has 0 spiro atoms. The van der Waals surface area contributed by atoms with Crippen LogP contribution in [0.4, 0.5) is 19.0 Å². The van der Waals surface area contributed by atoms with Crippen molar-refractivity contribution >= 4 is 18.4 Å². The minimum Gasteiger partial charge on any atom is -0.383 e. The van der Waals surface area contributed by atoms with Crippen LogP contribution in [-0.2, 0) is 11.6 Å². The summed E-state index contributed by atoms with van der Waals surface area (Å²) < 4.78 is 39.3. The molecule has 2 heterocycles. The highest BCUT2D eigenvalue weighted by Crippen LogP contribution is 2.36. The van der Waals surface area contributed by atoms with Gasteiger partial charge in [0.25, 0.3) is 0 Å². The van der Waals surface area contributed by atoms with Crippen LogP contribution >= 0.6 is 12.6 Å². The first kappa shape index (κ1) is 18.5. The number of aromatic nitrogens is 3. The number of thiol groups is 1. The van der Waals surface area contributed by atoms with E-state index in [1.54, 1.807) is 13.1 Å². The number of halogens is 3. The van der Waals surface area contributed by atoms with Gasteiger partial charge < -0.3 is 5.73 Å². The Kier molecular flexibility index (Phi) is 4.81. The van der Waals surface area contributed by atoms with Crippen LogP contribution in [0.3, 0.4) is 0 Å². The quantitative estimate of drug-likeness (QED) is 0.791. The third-order valence-electron chi connectivity index (χ3n) is 3.67. The molecule has 0 amide bonds. The molecule has 24 heavy (non-hydrogen) atoms. The van der Waals surface area contributed by atoms with Crippen LogP contribution in [0.15, 0.2) is 23.2 Å². The van der Waals surface area contributed by atoms with Gasteiger partial charge in [-0.3, -0.25) is 4.98 Å². The molecule has 2 N–H and O–H groups in total. The lowest BCUT2D eigenvalue weighted by Crippen LogP contribution is -2.17. The van der Waals surface area contributed by atoms with E-state index in [1.165, 1.54) is 0 Å². The maximum atomic E-state index is 13.1. The van der Waals surface area contributed by atoms with Gasteiger partial charge in [-0.25, -0.2) is 9.97 Å². The number of anilines is 1. The van der Waals surface area contributed by atoms with Crippen molar-refractivity contribution in [1.29, 1.82) is 0 Å². The van der Waals surface area contributed by atoms with E-state index in [9.17, 15) is 13.2 Å². The number of hydrogen-bond acceptors (Lipinski definition) is 5. The van der Waals surface area contributed by atoms with Crippen molar-refractivity contribution in [3.05, 3.63) is 41.1 Å². The SMILES string of the molecule is CC(c1cc(C(C)(C)C)ccn1)c1nc(N)c(S)c(C(F)(F)F)n1. The molecule has 1 atom stereocenters. The topological polar surface area (TPSA) is 64.7 Å². The Morgan fingerprint density at radius 1 is 1.17 bits per heavy atom. The van der Waals surface area contributed by atoms with E-state index in [4.69, 9.17) is 5.73 Å². The van der Waals surface area contributed by atoms with Crippen molar-refractivity contribution in [3.8, 4) is 0 Å². The Labute approximate surface area is 144 Å². The van der Waals surface area contributed by atoms with E-state index in [0.717, 1.165) is 5.56 Å². The van der Waals surface area contributed by atoms with Crippen molar-refractivity contribution in [2.75, 3.05) is 5.73 Å². The highest BCUT2D eigenvalue weighted by Gasteiger charge is 2.37. The fraction of sp³-hybridized carbons (Fsp3) is 0.438. The van der Waals surface area contributed by atoms with Crippen molar-refractivity contribution in [3.63, 3.8) is 0 Å². The maximum absolute atomic E-state index is 13.1. The predicted octanol–water partition coefficient (Wildman–Crippen LogP) is 4.21. The van der Waals surface area contributed by atoms with E-state index in [2.05, 4.69) is 27.6 Å². The summed E-state index contributed by atoms with van der Waals surface area (Å²) in [5, 5.41) is 0. The van der Waals surface area contributed by atoms with E-state index in [0.29, 0.717) is 5.69 Å². The molecule has 130 valence electrons. The monoisotopic (exact) mass is 356 g/mol. The first-order chi connectivity index (χ1) is 10.9. The number of nitrogens with two attached hydrogens (primary N) is 1. The average molecular weight is 356 g/mol. The van der Waals surface area contributed by atoms with Crippen molar-refractivity contribution in [2.45, 2.75) is 50.1 Å². The molecule has 0 radical (unpaired) electrons. The molecule has 8 heteroatoms. The normalized spacial score (nSPS) is 13.8. The van der Waals surface area contributed by atoms with Crippen LogP contribution in [0, 0.1) is 0 Å². The number of nitrogen functional groups attached to an aromatic ring is 1. The fourth-order valence-electron chi connectivity index (χ4n) is 2.17. The minimum atomic E-state index is -4.65. The minimum absolute atomic E-state index is 0.0313. The summed E-state index contributed by atoms with van der Waals surface area (Å²) in [6, 6.07) is 3.73. The number of hydrogen-bond donors (Lipinski definition) is 2. The summed E-state index contributed by atoms with van der Waals surface area (Å²) in [5.41, 5.74) is 5.95. The maximum Gasteiger partial charge on any atom is 0.434 e. The lowest BCUT2D eigenvalue weighted by atomic mass is 9.86. The summed E-state index contributed by atoms with van der Waals surface area (Å²) in [6.07, 6.45) is -3.02. The Morgan fingerprint density at radius 3 is 2.33 bits per heavy atom. The molecular weight excluding hydrogens is 337 g/mol. The largest absolute Gasteiger partial charge is 0.434 e.